The van der Waals surface area contributed by atoms with Crippen molar-refractivity contribution in [2.75, 3.05) is 0 Å². The summed E-state index contributed by atoms with van der Waals surface area (Å²) in [6.45, 7) is 0.526. The van der Waals surface area contributed by atoms with E-state index in [1.807, 2.05) is 24.3 Å². The first-order valence-corrected chi connectivity index (χ1v) is 6.20. The first-order chi connectivity index (χ1) is 7.66. The largest absolute Gasteiger partial charge is 0.294 e. The zero-order chi connectivity index (χ0) is 11.5. The van der Waals surface area contributed by atoms with Crippen LogP contribution in [-0.2, 0) is 6.54 Å². The normalized spacial score (nSPS) is 10.4. The number of hydrogen-bond donors (Lipinski definition) is 0. The van der Waals surface area contributed by atoms with E-state index in [1.54, 1.807) is 4.57 Å². The van der Waals surface area contributed by atoms with Gasteiger partial charge in [0.2, 0.25) is 0 Å². The van der Waals surface area contributed by atoms with Gasteiger partial charge in [-0.3, -0.25) is 9.36 Å². The number of nitrogens with zero attached hydrogens (tertiary/aromatic N) is 2. The fourth-order valence-corrected chi connectivity index (χ4v) is 1.93. The van der Waals surface area contributed by atoms with E-state index >= 15 is 0 Å². The van der Waals surface area contributed by atoms with Gasteiger partial charge in [0.25, 0.3) is 5.56 Å². The molecule has 0 N–H and O–H groups in total. The minimum Gasteiger partial charge on any atom is -0.294 e. The van der Waals surface area contributed by atoms with Crippen LogP contribution < -0.4 is 5.56 Å². The Hall–Kier alpha value is -0.940. The van der Waals surface area contributed by atoms with E-state index in [-0.39, 0.29) is 5.56 Å². The van der Waals surface area contributed by atoms with Crippen LogP contribution >= 0.6 is 31.9 Å². The van der Waals surface area contributed by atoms with Crippen molar-refractivity contribution in [3.05, 3.63) is 61.7 Å². The predicted octanol–water partition coefficient (Wildman–Crippen LogP) is 2.82. The standard InChI is InChI=1S/C11H8Br2N2O/c12-9-3-1-8(2-4-9)6-15-7-14-5-10(13)11(15)16/h1-5,7H,6H2. The molecule has 0 fully saturated rings. The molecule has 0 atom stereocenters. The van der Waals surface area contributed by atoms with Crippen molar-refractivity contribution in [3.8, 4) is 0 Å². The highest BCUT2D eigenvalue weighted by molar-refractivity contribution is 9.10. The second-order valence-corrected chi connectivity index (χ2v) is 5.07. The number of aromatic nitrogens is 2. The minimum absolute atomic E-state index is 0.0714. The van der Waals surface area contributed by atoms with Crippen LogP contribution in [0.2, 0.25) is 0 Å². The molecule has 0 saturated carbocycles. The van der Waals surface area contributed by atoms with Gasteiger partial charge in [0, 0.05) is 10.7 Å². The topological polar surface area (TPSA) is 34.9 Å². The first-order valence-electron chi connectivity index (χ1n) is 4.61. The van der Waals surface area contributed by atoms with Gasteiger partial charge in [-0.15, -0.1) is 0 Å². The van der Waals surface area contributed by atoms with Crippen LogP contribution in [-0.4, -0.2) is 9.55 Å². The molecule has 0 bridgehead atoms. The van der Waals surface area contributed by atoms with E-state index < -0.39 is 0 Å². The van der Waals surface area contributed by atoms with Crippen molar-refractivity contribution in [3.63, 3.8) is 0 Å². The zero-order valence-corrected chi connectivity index (χ0v) is 11.4. The Labute approximate surface area is 109 Å². The molecule has 0 unspecified atom stereocenters. The second kappa shape index (κ2) is 4.93. The van der Waals surface area contributed by atoms with E-state index in [9.17, 15) is 4.79 Å². The van der Waals surface area contributed by atoms with E-state index in [0.717, 1.165) is 10.0 Å². The molecule has 0 aliphatic carbocycles. The maximum Gasteiger partial charge on any atom is 0.267 e. The van der Waals surface area contributed by atoms with Crippen LogP contribution in [0, 0.1) is 0 Å². The molecule has 3 nitrogen and oxygen atoms in total. The molecule has 2 aromatic rings. The average Bonchev–Trinajstić information content (AvgIpc) is 2.28. The number of hydrogen-bond acceptors (Lipinski definition) is 2. The Morgan fingerprint density at radius 2 is 1.88 bits per heavy atom. The number of halogens is 2. The summed E-state index contributed by atoms with van der Waals surface area (Å²) in [5.41, 5.74) is 0.989. The lowest BCUT2D eigenvalue weighted by molar-refractivity contribution is 0.731. The van der Waals surface area contributed by atoms with Gasteiger partial charge in [0.1, 0.15) is 4.47 Å². The Kier molecular flexibility index (Phi) is 3.56. The van der Waals surface area contributed by atoms with Crippen LogP contribution in [0.25, 0.3) is 0 Å². The first kappa shape index (κ1) is 11.5. The summed E-state index contributed by atoms with van der Waals surface area (Å²) in [6.07, 6.45) is 3.04. The monoisotopic (exact) mass is 342 g/mol. The molecule has 1 heterocycles. The fourth-order valence-electron chi connectivity index (χ4n) is 1.32. The molecule has 5 heteroatoms. The molecule has 2 rings (SSSR count). The van der Waals surface area contributed by atoms with Crippen molar-refractivity contribution in [2.45, 2.75) is 6.54 Å². The lowest BCUT2D eigenvalue weighted by Crippen LogP contribution is -2.21. The van der Waals surface area contributed by atoms with Crippen LogP contribution in [0.3, 0.4) is 0 Å². The van der Waals surface area contributed by atoms with Crippen LogP contribution in [0.5, 0.6) is 0 Å². The molecule has 82 valence electrons. The summed E-state index contributed by atoms with van der Waals surface area (Å²) in [4.78, 5) is 15.7. The molecule has 0 amide bonds. The molecule has 0 aliphatic heterocycles. The summed E-state index contributed by atoms with van der Waals surface area (Å²) < 4.78 is 3.07. The van der Waals surface area contributed by atoms with E-state index in [2.05, 4.69) is 36.8 Å². The summed E-state index contributed by atoms with van der Waals surface area (Å²) in [5.74, 6) is 0. The molecule has 0 radical (unpaired) electrons. The lowest BCUT2D eigenvalue weighted by Gasteiger charge is -2.05. The van der Waals surface area contributed by atoms with Crippen molar-refractivity contribution in [1.82, 2.24) is 9.55 Å². The Balaban J connectivity index is 2.31. The molecular formula is C11H8Br2N2O. The molecular weight excluding hydrogens is 336 g/mol. The third-order valence-corrected chi connectivity index (χ3v) is 3.20. The summed E-state index contributed by atoms with van der Waals surface area (Å²) >= 11 is 6.54. The van der Waals surface area contributed by atoms with Crippen LogP contribution in [0.4, 0.5) is 0 Å². The third kappa shape index (κ3) is 2.59. The molecule has 0 spiro atoms. The maximum absolute atomic E-state index is 11.7. The van der Waals surface area contributed by atoms with Crippen LogP contribution in [0.1, 0.15) is 5.56 Å². The third-order valence-electron chi connectivity index (χ3n) is 2.13. The Bertz CT molecular complexity index is 549. The van der Waals surface area contributed by atoms with Crippen LogP contribution in [0.15, 0.2) is 50.5 Å². The zero-order valence-electron chi connectivity index (χ0n) is 8.23. The highest BCUT2D eigenvalue weighted by Gasteiger charge is 2.01. The molecule has 16 heavy (non-hydrogen) atoms. The van der Waals surface area contributed by atoms with Gasteiger partial charge in [-0.05, 0) is 33.6 Å². The Morgan fingerprint density at radius 3 is 2.56 bits per heavy atom. The van der Waals surface area contributed by atoms with Crippen molar-refractivity contribution in [1.29, 1.82) is 0 Å². The molecule has 0 saturated heterocycles. The molecule has 0 aliphatic rings. The van der Waals surface area contributed by atoms with E-state index in [1.165, 1.54) is 12.5 Å². The maximum atomic E-state index is 11.7. The predicted molar refractivity (Wildman–Crippen MR) is 69.4 cm³/mol. The van der Waals surface area contributed by atoms with Gasteiger partial charge >= 0.3 is 0 Å². The van der Waals surface area contributed by atoms with Gasteiger partial charge < -0.3 is 0 Å². The highest BCUT2D eigenvalue weighted by Crippen LogP contribution is 2.11. The van der Waals surface area contributed by atoms with E-state index in [0.29, 0.717) is 11.0 Å². The molecule has 1 aromatic heterocycles. The fraction of sp³-hybridized carbons (Fsp3) is 0.0909. The number of rotatable bonds is 2. The van der Waals surface area contributed by atoms with Gasteiger partial charge in [-0.2, -0.15) is 0 Å². The van der Waals surface area contributed by atoms with Crippen molar-refractivity contribution in [2.24, 2.45) is 0 Å². The van der Waals surface area contributed by atoms with Crippen molar-refractivity contribution >= 4 is 31.9 Å². The SMILES string of the molecule is O=c1c(Br)cncn1Cc1ccc(Br)cc1. The second-order valence-electron chi connectivity index (χ2n) is 3.30. The molecule has 1 aromatic carbocycles. The van der Waals surface area contributed by atoms with Gasteiger partial charge in [-0.25, -0.2) is 4.98 Å². The highest BCUT2D eigenvalue weighted by atomic mass is 79.9. The summed E-state index contributed by atoms with van der Waals surface area (Å²) in [7, 11) is 0. The lowest BCUT2D eigenvalue weighted by atomic mass is 10.2. The number of benzene rings is 1. The van der Waals surface area contributed by atoms with Crippen molar-refractivity contribution < 1.29 is 0 Å². The summed E-state index contributed by atoms with van der Waals surface area (Å²) in [6, 6.07) is 7.84. The quantitative estimate of drug-likeness (QED) is 0.840. The summed E-state index contributed by atoms with van der Waals surface area (Å²) in [5, 5.41) is 0. The Morgan fingerprint density at radius 1 is 1.19 bits per heavy atom. The van der Waals surface area contributed by atoms with Gasteiger partial charge in [0.15, 0.2) is 0 Å². The van der Waals surface area contributed by atoms with E-state index in [4.69, 9.17) is 0 Å². The smallest absolute Gasteiger partial charge is 0.267 e. The minimum atomic E-state index is -0.0714. The van der Waals surface area contributed by atoms with Gasteiger partial charge in [0.05, 0.1) is 12.9 Å². The average molecular weight is 344 g/mol. The van der Waals surface area contributed by atoms with Gasteiger partial charge in [-0.1, -0.05) is 28.1 Å².